The summed E-state index contributed by atoms with van der Waals surface area (Å²) in [5, 5.41) is 5.77. The monoisotopic (exact) mass is 369 g/mol. The van der Waals surface area contributed by atoms with Gasteiger partial charge in [0.1, 0.15) is 0 Å². The van der Waals surface area contributed by atoms with Crippen LogP contribution in [0.2, 0.25) is 0 Å². The van der Waals surface area contributed by atoms with Crippen LogP contribution in [0.3, 0.4) is 0 Å². The Bertz CT molecular complexity index is 653. The number of carbonyl (C=O) groups is 1. The predicted molar refractivity (Wildman–Crippen MR) is 96.7 cm³/mol. The number of benzene rings is 1. The molecule has 0 saturated heterocycles. The van der Waals surface area contributed by atoms with Crippen molar-refractivity contribution in [2.24, 2.45) is 0 Å². The van der Waals surface area contributed by atoms with E-state index in [0.717, 1.165) is 30.2 Å². The summed E-state index contributed by atoms with van der Waals surface area (Å²) >= 11 is 0. The fourth-order valence-electron chi connectivity index (χ4n) is 2.91. The summed E-state index contributed by atoms with van der Waals surface area (Å²) in [7, 11) is -1.07. The summed E-state index contributed by atoms with van der Waals surface area (Å²) in [6, 6.07) is 5.96. The average Bonchev–Trinajstić information content (AvgIpc) is 2.56. The van der Waals surface area contributed by atoms with Gasteiger partial charge in [0.05, 0.1) is 12.0 Å². The normalized spacial score (nSPS) is 16.9. The van der Waals surface area contributed by atoms with E-state index in [1.165, 1.54) is 45.6 Å². The van der Waals surface area contributed by atoms with Gasteiger partial charge in [-0.2, -0.15) is 0 Å². The van der Waals surface area contributed by atoms with Gasteiger partial charge in [-0.1, -0.05) is 36.6 Å². The van der Waals surface area contributed by atoms with E-state index in [-0.39, 0.29) is 17.0 Å². The molecule has 2 N–H and O–H groups in total. The maximum absolute atomic E-state index is 12.1. The first-order valence-electron chi connectivity index (χ1n) is 8.64. The van der Waals surface area contributed by atoms with E-state index >= 15 is 0 Å². The van der Waals surface area contributed by atoms with Crippen molar-refractivity contribution < 1.29 is 18.0 Å². The second kappa shape index (κ2) is 9.17. The Labute approximate surface area is 149 Å². The third-order valence-corrected chi connectivity index (χ3v) is 6.14. The quantitative estimate of drug-likeness (QED) is 0.781. The zero-order valence-corrected chi connectivity index (χ0v) is 15.6. The number of hydroxylamine groups is 1. The van der Waals surface area contributed by atoms with E-state index in [1.807, 2.05) is 0 Å². The lowest BCUT2D eigenvalue weighted by Crippen LogP contribution is -2.38. The molecule has 0 bridgehead atoms. The molecule has 0 heterocycles. The van der Waals surface area contributed by atoms with Gasteiger partial charge >= 0.3 is 6.03 Å². The number of rotatable bonds is 5. The summed E-state index contributed by atoms with van der Waals surface area (Å²) in [5.41, 5.74) is 0.544. The standard InChI is InChI=1S/C17H27N3O4S/c1-20(24-2)25(22,23)16-12-10-15(11-13-16)19-17(21)18-14-8-6-4-3-5-7-9-14/h10-14H,3-9H2,1-2H3,(H2,18,19,21). The van der Waals surface area contributed by atoms with Crippen molar-refractivity contribution in [3.8, 4) is 0 Å². The first kappa shape index (κ1) is 19.7. The van der Waals surface area contributed by atoms with Gasteiger partial charge in [-0.3, -0.25) is 4.84 Å². The summed E-state index contributed by atoms with van der Waals surface area (Å²) in [5.74, 6) is 0. The van der Waals surface area contributed by atoms with E-state index in [4.69, 9.17) is 4.84 Å². The highest BCUT2D eigenvalue weighted by Crippen LogP contribution is 2.19. The molecule has 25 heavy (non-hydrogen) atoms. The van der Waals surface area contributed by atoms with E-state index < -0.39 is 10.0 Å². The number of sulfonamides is 1. The maximum Gasteiger partial charge on any atom is 0.319 e. The summed E-state index contributed by atoms with van der Waals surface area (Å²) in [6.07, 6.45) is 8.04. The smallest absolute Gasteiger partial charge is 0.319 e. The van der Waals surface area contributed by atoms with Crippen LogP contribution in [0.5, 0.6) is 0 Å². The van der Waals surface area contributed by atoms with Crippen molar-refractivity contribution in [2.75, 3.05) is 19.5 Å². The molecular weight excluding hydrogens is 342 g/mol. The molecule has 0 unspecified atom stereocenters. The zero-order chi connectivity index (χ0) is 18.3. The fraction of sp³-hybridized carbons (Fsp3) is 0.588. The molecule has 2 rings (SSSR count). The molecule has 1 aromatic rings. The van der Waals surface area contributed by atoms with Crippen molar-refractivity contribution in [1.29, 1.82) is 0 Å². The largest absolute Gasteiger partial charge is 0.335 e. The second-order valence-corrected chi connectivity index (χ2v) is 8.20. The highest BCUT2D eigenvalue weighted by molar-refractivity contribution is 7.89. The Hall–Kier alpha value is -1.64. The number of carbonyl (C=O) groups excluding carboxylic acids is 1. The zero-order valence-electron chi connectivity index (χ0n) is 14.8. The highest BCUT2D eigenvalue weighted by atomic mass is 32.2. The lowest BCUT2D eigenvalue weighted by atomic mass is 9.97. The minimum Gasteiger partial charge on any atom is -0.335 e. The van der Waals surface area contributed by atoms with Gasteiger partial charge in [-0.05, 0) is 37.1 Å². The third kappa shape index (κ3) is 5.69. The molecule has 2 amide bonds. The van der Waals surface area contributed by atoms with Crippen LogP contribution in [-0.4, -0.2) is 39.1 Å². The number of urea groups is 1. The molecule has 0 aliphatic heterocycles. The van der Waals surface area contributed by atoms with Crippen molar-refractivity contribution >= 4 is 21.7 Å². The van der Waals surface area contributed by atoms with Crippen LogP contribution in [0.4, 0.5) is 10.5 Å². The Morgan fingerprint density at radius 1 is 1.08 bits per heavy atom. The number of amides is 2. The third-order valence-electron chi connectivity index (χ3n) is 4.45. The Morgan fingerprint density at radius 3 is 2.20 bits per heavy atom. The minimum absolute atomic E-state index is 0.0998. The Balaban J connectivity index is 1.93. The number of nitrogens with zero attached hydrogens (tertiary/aromatic N) is 1. The van der Waals surface area contributed by atoms with Crippen LogP contribution in [0.15, 0.2) is 29.2 Å². The van der Waals surface area contributed by atoms with Crippen LogP contribution >= 0.6 is 0 Å². The minimum atomic E-state index is -3.68. The van der Waals surface area contributed by atoms with Gasteiger partial charge in [-0.15, -0.1) is 0 Å². The molecule has 7 nitrogen and oxygen atoms in total. The first-order valence-corrected chi connectivity index (χ1v) is 10.1. The SMILES string of the molecule is CON(C)S(=O)(=O)c1ccc(NC(=O)NC2CCCCCCC2)cc1. The van der Waals surface area contributed by atoms with Gasteiger partial charge in [0.2, 0.25) is 0 Å². The number of hydrogen-bond donors (Lipinski definition) is 2. The molecule has 1 saturated carbocycles. The van der Waals surface area contributed by atoms with E-state index in [9.17, 15) is 13.2 Å². The topological polar surface area (TPSA) is 87.7 Å². The number of anilines is 1. The van der Waals surface area contributed by atoms with Crippen LogP contribution in [0, 0.1) is 0 Å². The predicted octanol–water partition coefficient (Wildman–Crippen LogP) is 3.10. The lowest BCUT2D eigenvalue weighted by molar-refractivity contribution is -0.0258. The molecule has 0 spiro atoms. The van der Waals surface area contributed by atoms with E-state index in [0.29, 0.717) is 5.69 Å². The Kier molecular flexibility index (Phi) is 7.22. The van der Waals surface area contributed by atoms with Gasteiger partial charge in [0.25, 0.3) is 10.0 Å². The van der Waals surface area contributed by atoms with Crippen LogP contribution in [0.1, 0.15) is 44.9 Å². The highest BCUT2D eigenvalue weighted by Gasteiger charge is 2.20. The van der Waals surface area contributed by atoms with Crippen molar-refractivity contribution in [3.63, 3.8) is 0 Å². The molecule has 1 aromatic carbocycles. The van der Waals surface area contributed by atoms with Crippen molar-refractivity contribution in [3.05, 3.63) is 24.3 Å². The lowest BCUT2D eigenvalue weighted by Gasteiger charge is -2.21. The molecule has 0 aromatic heterocycles. The van der Waals surface area contributed by atoms with Crippen LogP contribution in [-0.2, 0) is 14.9 Å². The van der Waals surface area contributed by atoms with Crippen LogP contribution < -0.4 is 10.6 Å². The molecule has 8 heteroatoms. The van der Waals surface area contributed by atoms with Crippen LogP contribution in [0.25, 0.3) is 0 Å². The van der Waals surface area contributed by atoms with Gasteiger partial charge in [0, 0.05) is 18.8 Å². The number of hydrogen-bond acceptors (Lipinski definition) is 4. The summed E-state index contributed by atoms with van der Waals surface area (Å²) < 4.78 is 25.0. The molecular formula is C17H27N3O4S. The average molecular weight is 369 g/mol. The van der Waals surface area contributed by atoms with Crippen molar-refractivity contribution in [2.45, 2.75) is 55.9 Å². The summed E-state index contributed by atoms with van der Waals surface area (Å²) in [4.78, 5) is 17.0. The maximum atomic E-state index is 12.1. The van der Waals surface area contributed by atoms with E-state index in [2.05, 4.69) is 10.6 Å². The van der Waals surface area contributed by atoms with E-state index in [1.54, 1.807) is 12.1 Å². The first-order chi connectivity index (χ1) is 11.9. The van der Waals surface area contributed by atoms with Gasteiger partial charge < -0.3 is 10.6 Å². The number of nitrogens with one attached hydrogen (secondary N) is 2. The van der Waals surface area contributed by atoms with Gasteiger partial charge in [-0.25, -0.2) is 13.2 Å². The van der Waals surface area contributed by atoms with Gasteiger partial charge in [0.15, 0.2) is 0 Å². The molecule has 140 valence electrons. The second-order valence-electron chi connectivity index (χ2n) is 6.26. The molecule has 1 aliphatic carbocycles. The molecule has 1 aliphatic rings. The molecule has 1 fully saturated rings. The molecule has 0 atom stereocenters. The molecule has 0 radical (unpaired) electrons. The summed E-state index contributed by atoms with van der Waals surface area (Å²) in [6.45, 7) is 0. The fourth-order valence-corrected chi connectivity index (χ4v) is 3.88. The Morgan fingerprint density at radius 2 is 1.64 bits per heavy atom. The van der Waals surface area contributed by atoms with Crippen molar-refractivity contribution in [1.82, 2.24) is 9.79 Å².